The van der Waals surface area contributed by atoms with Crippen LogP contribution in [0.15, 0.2) is 23.1 Å². The van der Waals surface area contributed by atoms with Crippen molar-refractivity contribution in [2.24, 2.45) is 5.73 Å². The Kier molecular flexibility index (Phi) is 4.13. The predicted octanol–water partition coefficient (Wildman–Crippen LogP) is 0.852. The molecule has 1 aromatic carbocycles. The molecule has 0 bridgehead atoms. The minimum atomic E-state index is -3.87. The Labute approximate surface area is 141 Å². The summed E-state index contributed by atoms with van der Waals surface area (Å²) in [6.45, 7) is 2.01. The Morgan fingerprint density at radius 3 is 2.58 bits per heavy atom. The van der Waals surface area contributed by atoms with Crippen molar-refractivity contribution in [3.05, 3.63) is 29.3 Å². The van der Waals surface area contributed by atoms with Gasteiger partial charge >= 0.3 is 0 Å². The first kappa shape index (κ1) is 16.9. The monoisotopic (exact) mass is 351 g/mol. The molecule has 0 atom stereocenters. The molecule has 0 aromatic heterocycles. The summed E-state index contributed by atoms with van der Waals surface area (Å²) in [5, 5.41) is 2.96. The lowest BCUT2D eigenvalue weighted by Crippen LogP contribution is -2.51. The van der Waals surface area contributed by atoms with Crippen LogP contribution in [0.3, 0.4) is 0 Å². The van der Waals surface area contributed by atoms with Crippen molar-refractivity contribution in [2.75, 3.05) is 13.1 Å². The lowest BCUT2D eigenvalue weighted by atomic mass is 9.97. The number of nitrogens with one attached hydrogen (secondary N) is 1. The summed E-state index contributed by atoms with van der Waals surface area (Å²) >= 11 is 0. The number of carbonyl (C=O) groups is 2. The highest BCUT2D eigenvalue weighted by molar-refractivity contribution is 7.90. The second-order valence-corrected chi connectivity index (χ2v) is 8.16. The van der Waals surface area contributed by atoms with E-state index < -0.39 is 21.5 Å². The number of carbonyl (C=O) groups excluding carboxylic acids is 2. The Bertz CT molecular complexity index is 798. The molecule has 0 saturated heterocycles. The lowest BCUT2D eigenvalue weighted by Gasteiger charge is -2.28. The van der Waals surface area contributed by atoms with Crippen LogP contribution in [-0.4, -0.2) is 43.2 Å². The van der Waals surface area contributed by atoms with E-state index in [0.717, 1.165) is 30.0 Å². The molecule has 2 aliphatic rings. The normalized spacial score (nSPS) is 20.9. The molecule has 130 valence electrons. The van der Waals surface area contributed by atoms with E-state index in [1.807, 2.05) is 0 Å². The van der Waals surface area contributed by atoms with Gasteiger partial charge in [0.15, 0.2) is 0 Å². The van der Waals surface area contributed by atoms with Gasteiger partial charge in [0.05, 0.1) is 11.1 Å². The molecule has 3 rings (SSSR count). The van der Waals surface area contributed by atoms with Crippen molar-refractivity contribution in [1.29, 1.82) is 0 Å². The molecule has 1 aliphatic heterocycles. The third-order valence-electron chi connectivity index (χ3n) is 4.89. The molecule has 1 saturated carbocycles. The zero-order valence-electron chi connectivity index (χ0n) is 13.5. The van der Waals surface area contributed by atoms with Crippen molar-refractivity contribution in [3.63, 3.8) is 0 Å². The molecule has 3 N–H and O–H groups in total. The van der Waals surface area contributed by atoms with Crippen LogP contribution < -0.4 is 11.1 Å². The number of sulfonamides is 1. The quantitative estimate of drug-likeness (QED) is 0.836. The molecule has 0 radical (unpaired) electrons. The minimum absolute atomic E-state index is 0.0632. The van der Waals surface area contributed by atoms with Gasteiger partial charge in [-0.2, -0.15) is 0 Å². The first-order valence-corrected chi connectivity index (χ1v) is 9.52. The van der Waals surface area contributed by atoms with Crippen molar-refractivity contribution >= 4 is 21.8 Å². The van der Waals surface area contributed by atoms with Gasteiger partial charge in [-0.05, 0) is 38.0 Å². The maximum atomic E-state index is 12.5. The van der Waals surface area contributed by atoms with Gasteiger partial charge in [-0.3, -0.25) is 9.59 Å². The Balaban J connectivity index is 1.93. The summed E-state index contributed by atoms with van der Waals surface area (Å²) in [6, 6.07) is 4.18. The predicted molar refractivity (Wildman–Crippen MR) is 88.1 cm³/mol. The maximum absolute atomic E-state index is 12.5. The lowest BCUT2D eigenvalue weighted by molar-refractivity contribution is 0.0871. The number of hydrogen-bond acceptors (Lipinski definition) is 5. The molecule has 0 unspecified atom stereocenters. The zero-order chi connectivity index (χ0) is 17.5. The highest BCUT2D eigenvalue weighted by atomic mass is 32.2. The zero-order valence-corrected chi connectivity index (χ0v) is 14.4. The largest absolute Gasteiger partial charge is 0.345 e. The van der Waals surface area contributed by atoms with E-state index >= 15 is 0 Å². The fourth-order valence-corrected chi connectivity index (χ4v) is 5.08. The molecule has 7 nitrogen and oxygen atoms in total. The summed E-state index contributed by atoms with van der Waals surface area (Å²) in [6.07, 6.45) is 3.66. The third-order valence-corrected chi connectivity index (χ3v) is 6.78. The number of nitrogens with zero attached hydrogens (tertiary/aromatic N) is 1. The molecular weight excluding hydrogens is 330 g/mol. The van der Waals surface area contributed by atoms with Crippen molar-refractivity contribution in [2.45, 2.75) is 43.0 Å². The van der Waals surface area contributed by atoms with Gasteiger partial charge in [0, 0.05) is 18.7 Å². The van der Waals surface area contributed by atoms with Gasteiger partial charge in [0.25, 0.3) is 21.8 Å². The minimum Gasteiger partial charge on any atom is -0.345 e. The van der Waals surface area contributed by atoms with Crippen LogP contribution in [0, 0.1) is 0 Å². The fourth-order valence-electron chi connectivity index (χ4n) is 3.47. The van der Waals surface area contributed by atoms with Gasteiger partial charge in [-0.15, -0.1) is 0 Å². The fraction of sp³-hybridized carbons (Fsp3) is 0.500. The number of rotatable bonds is 4. The van der Waals surface area contributed by atoms with Crippen LogP contribution in [0.2, 0.25) is 0 Å². The Morgan fingerprint density at radius 1 is 1.33 bits per heavy atom. The van der Waals surface area contributed by atoms with E-state index in [0.29, 0.717) is 6.54 Å². The molecule has 1 heterocycles. The SMILES string of the molecule is CCN1C(=O)c2ccc(C(=O)NC3(CN)CCCC3)cc2S1(=O)=O. The average Bonchev–Trinajstić information content (AvgIpc) is 3.10. The van der Waals surface area contributed by atoms with Crippen LogP contribution in [0.4, 0.5) is 0 Å². The van der Waals surface area contributed by atoms with Gasteiger partial charge in [0.1, 0.15) is 4.90 Å². The smallest absolute Gasteiger partial charge is 0.268 e. The molecule has 2 amide bonds. The molecule has 24 heavy (non-hydrogen) atoms. The topological polar surface area (TPSA) is 110 Å². The van der Waals surface area contributed by atoms with Crippen molar-refractivity contribution in [1.82, 2.24) is 9.62 Å². The first-order valence-electron chi connectivity index (χ1n) is 8.08. The van der Waals surface area contributed by atoms with E-state index in [2.05, 4.69) is 5.32 Å². The summed E-state index contributed by atoms with van der Waals surface area (Å²) in [4.78, 5) is 24.6. The van der Waals surface area contributed by atoms with Gasteiger partial charge in [-0.1, -0.05) is 12.8 Å². The maximum Gasteiger partial charge on any atom is 0.268 e. The van der Waals surface area contributed by atoms with Crippen LogP contribution in [-0.2, 0) is 10.0 Å². The Hall–Kier alpha value is -1.93. The molecule has 8 heteroatoms. The van der Waals surface area contributed by atoms with E-state index in [-0.39, 0.29) is 28.5 Å². The number of nitrogens with two attached hydrogens (primary N) is 1. The summed E-state index contributed by atoms with van der Waals surface area (Å²) < 4.78 is 25.7. The molecule has 1 aliphatic carbocycles. The standard InChI is InChI=1S/C16H21N3O4S/c1-2-19-15(21)12-6-5-11(9-13(12)24(19,22)23)14(20)18-16(10-17)7-3-4-8-16/h5-6,9H,2-4,7-8,10,17H2,1H3,(H,18,20). The second-order valence-electron chi connectivity index (χ2n) is 6.33. The van der Waals surface area contributed by atoms with E-state index in [9.17, 15) is 18.0 Å². The summed E-state index contributed by atoms with van der Waals surface area (Å²) in [5.74, 6) is -0.906. The van der Waals surface area contributed by atoms with E-state index in [1.165, 1.54) is 18.2 Å². The van der Waals surface area contributed by atoms with Crippen LogP contribution in [0.1, 0.15) is 53.3 Å². The number of benzene rings is 1. The first-order chi connectivity index (χ1) is 11.3. The highest BCUT2D eigenvalue weighted by Crippen LogP contribution is 2.32. The van der Waals surface area contributed by atoms with Crippen molar-refractivity contribution < 1.29 is 18.0 Å². The Morgan fingerprint density at radius 2 is 2.00 bits per heavy atom. The molecule has 1 aromatic rings. The van der Waals surface area contributed by atoms with Crippen LogP contribution >= 0.6 is 0 Å². The molecule has 0 spiro atoms. The summed E-state index contributed by atoms with van der Waals surface area (Å²) in [7, 11) is -3.87. The average molecular weight is 351 g/mol. The van der Waals surface area contributed by atoms with Crippen LogP contribution in [0.5, 0.6) is 0 Å². The molecule has 1 fully saturated rings. The summed E-state index contributed by atoms with van der Waals surface area (Å²) in [5.41, 5.74) is 5.74. The van der Waals surface area contributed by atoms with Crippen molar-refractivity contribution in [3.8, 4) is 0 Å². The van der Waals surface area contributed by atoms with Gasteiger partial charge < -0.3 is 11.1 Å². The number of fused-ring (bicyclic) bond motifs is 1. The van der Waals surface area contributed by atoms with E-state index in [4.69, 9.17) is 5.73 Å². The van der Waals surface area contributed by atoms with Crippen LogP contribution in [0.25, 0.3) is 0 Å². The second kappa shape index (κ2) is 5.86. The van der Waals surface area contributed by atoms with Gasteiger partial charge in [-0.25, -0.2) is 12.7 Å². The highest BCUT2D eigenvalue weighted by Gasteiger charge is 2.41. The van der Waals surface area contributed by atoms with Gasteiger partial charge in [0.2, 0.25) is 0 Å². The molecular formula is C16H21N3O4S. The number of hydrogen-bond donors (Lipinski definition) is 2. The number of amides is 2. The van der Waals surface area contributed by atoms with E-state index in [1.54, 1.807) is 6.92 Å². The third kappa shape index (κ3) is 2.50.